The zero-order valence-electron chi connectivity index (χ0n) is 11.2. The van der Waals surface area contributed by atoms with Crippen molar-refractivity contribution < 1.29 is 19.2 Å². The monoisotopic (exact) mass is 280 g/mol. The second-order valence-corrected chi connectivity index (χ2v) is 4.50. The predicted octanol–water partition coefficient (Wildman–Crippen LogP) is 0.969. The Morgan fingerprint density at radius 1 is 1.55 bits per heavy atom. The van der Waals surface area contributed by atoms with Gasteiger partial charge in [0.15, 0.2) is 6.10 Å². The van der Waals surface area contributed by atoms with Crippen LogP contribution < -0.4 is 0 Å². The minimum atomic E-state index is -0.628. The highest BCUT2D eigenvalue weighted by atomic mass is 16.6. The van der Waals surface area contributed by atoms with Gasteiger partial charge in [-0.15, -0.1) is 0 Å². The highest BCUT2D eigenvalue weighted by molar-refractivity contribution is 5.74. The number of esters is 1. The van der Waals surface area contributed by atoms with Gasteiger partial charge >= 0.3 is 5.97 Å². The molecular formula is C13H16N2O5. The van der Waals surface area contributed by atoms with Crippen LogP contribution in [0.25, 0.3) is 0 Å². The highest BCUT2D eigenvalue weighted by Crippen LogP contribution is 2.20. The lowest BCUT2D eigenvalue weighted by Crippen LogP contribution is -2.46. The molecule has 1 aliphatic heterocycles. The molecule has 20 heavy (non-hydrogen) atoms. The number of nitro groups is 1. The lowest BCUT2D eigenvalue weighted by Gasteiger charge is -2.31. The van der Waals surface area contributed by atoms with Gasteiger partial charge < -0.3 is 9.47 Å². The second kappa shape index (κ2) is 6.44. The Bertz CT molecular complexity index is 505. The van der Waals surface area contributed by atoms with E-state index in [1.807, 2.05) is 4.90 Å². The van der Waals surface area contributed by atoms with E-state index in [1.54, 1.807) is 18.2 Å². The third kappa shape index (κ3) is 3.31. The molecule has 0 N–H and O–H groups in total. The van der Waals surface area contributed by atoms with E-state index in [9.17, 15) is 14.9 Å². The van der Waals surface area contributed by atoms with Gasteiger partial charge in [0.2, 0.25) is 0 Å². The largest absolute Gasteiger partial charge is 0.467 e. The molecule has 1 saturated heterocycles. The van der Waals surface area contributed by atoms with Crippen LogP contribution in [0, 0.1) is 10.1 Å². The lowest BCUT2D eigenvalue weighted by atomic mass is 10.1. The predicted molar refractivity (Wildman–Crippen MR) is 70.1 cm³/mol. The molecule has 1 unspecified atom stereocenters. The maximum Gasteiger partial charge on any atom is 0.336 e. The smallest absolute Gasteiger partial charge is 0.336 e. The number of ether oxygens (including phenoxy) is 2. The van der Waals surface area contributed by atoms with Crippen LogP contribution in [0.4, 0.5) is 5.69 Å². The van der Waals surface area contributed by atoms with Crippen molar-refractivity contribution in [2.75, 3.05) is 26.8 Å². The molecule has 0 aromatic heterocycles. The Morgan fingerprint density at radius 3 is 3.00 bits per heavy atom. The zero-order chi connectivity index (χ0) is 14.5. The Kier molecular flexibility index (Phi) is 4.65. The molecule has 1 atom stereocenters. The van der Waals surface area contributed by atoms with Crippen LogP contribution in [0.3, 0.4) is 0 Å². The number of para-hydroxylation sites is 1. The van der Waals surface area contributed by atoms with Crippen molar-refractivity contribution in [2.45, 2.75) is 12.6 Å². The van der Waals surface area contributed by atoms with Crippen LogP contribution in [-0.2, 0) is 20.8 Å². The Hall–Kier alpha value is -1.99. The summed E-state index contributed by atoms with van der Waals surface area (Å²) < 4.78 is 9.98. The summed E-state index contributed by atoms with van der Waals surface area (Å²) in [5.74, 6) is -0.419. The molecule has 0 radical (unpaired) electrons. The summed E-state index contributed by atoms with van der Waals surface area (Å²) in [5, 5.41) is 11.0. The summed E-state index contributed by atoms with van der Waals surface area (Å²) in [6.07, 6.45) is -0.628. The SMILES string of the molecule is COC(=O)C1CN(Cc2ccccc2[N+](=O)[O-])CCO1. The molecule has 0 amide bonds. The zero-order valence-corrected chi connectivity index (χ0v) is 11.2. The van der Waals surface area contributed by atoms with Crippen LogP contribution in [0.2, 0.25) is 0 Å². The van der Waals surface area contributed by atoms with Crippen LogP contribution in [0.5, 0.6) is 0 Å². The van der Waals surface area contributed by atoms with Gasteiger partial charge in [-0.1, -0.05) is 18.2 Å². The summed E-state index contributed by atoms with van der Waals surface area (Å²) in [6.45, 7) is 1.81. The van der Waals surface area contributed by atoms with E-state index >= 15 is 0 Å². The molecule has 7 heteroatoms. The third-order valence-corrected chi connectivity index (χ3v) is 3.20. The quantitative estimate of drug-likeness (QED) is 0.464. The van der Waals surface area contributed by atoms with Gasteiger partial charge in [0.1, 0.15) is 0 Å². The minimum Gasteiger partial charge on any atom is -0.467 e. The number of hydrogen-bond donors (Lipinski definition) is 0. The number of carbonyl (C=O) groups is 1. The van der Waals surface area contributed by atoms with Crippen molar-refractivity contribution >= 4 is 11.7 Å². The Morgan fingerprint density at radius 2 is 2.30 bits per heavy atom. The second-order valence-electron chi connectivity index (χ2n) is 4.50. The molecular weight excluding hydrogens is 264 g/mol. The van der Waals surface area contributed by atoms with Gasteiger partial charge in [-0.3, -0.25) is 15.0 Å². The standard InChI is InChI=1S/C13H16N2O5/c1-19-13(16)12-9-14(6-7-20-12)8-10-4-2-3-5-11(10)15(17)18/h2-5,12H,6-9H2,1H3. The number of rotatable bonds is 4. The number of benzene rings is 1. The van der Waals surface area contributed by atoms with Crippen molar-refractivity contribution in [1.29, 1.82) is 0 Å². The first-order chi connectivity index (χ1) is 9.61. The minimum absolute atomic E-state index is 0.0913. The molecule has 0 saturated carbocycles. The van der Waals surface area contributed by atoms with Crippen molar-refractivity contribution in [3.05, 3.63) is 39.9 Å². The number of nitrogens with zero attached hydrogens (tertiary/aromatic N) is 2. The maximum atomic E-state index is 11.5. The van der Waals surface area contributed by atoms with Gasteiger partial charge in [-0.2, -0.15) is 0 Å². The van der Waals surface area contributed by atoms with Crippen LogP contribution in [0.15, 0.2) is 24.3 Å². The fourth-order valence-electron chi connectivity index (χ4n) is 2.18. The first-order valence-corrected chi connectivity index (χ1v) is 6.26. The number of nitro benzene ring substituents is 1. The molecule has 0 bridgehead atoms. The van der Waals surface area contributed by atoms with Crippen LogP contribution in [0.1, 0.15) is 5.56 Å². The highest BCUT2D eigenvalue weighted by Gasteiger charge is 2.28. The van der Waals surface area contributed by atoms with Gasteiger partial charge in [-0.25, -0.2) is 4.79 Å². The molecule has 1 aliphatic rings. The van der Waals surface area contributed by atoms with Crippen LogP contribution >= 0.6 is 0 Å². The fraction of sp³-hybridized carbons (Fsp3) is 0.462. The van der Waals surface area contributed by atoms with Gasteiger partial charge in [0.05, 0.1) is 18.6 Å². The number of methoxy groups -OCH3 is 1. The molecule has 1 aromatic rings. The summed E-state index contributed by atoms with van der Waals surface area (Å²) >= 11 is 0. The first kappa shape index (κ1) is 14.4. The van der Waals surface area contributed by atoms with E-state index in [2.05, 4.69) is 4.74 Å². The number of hydrogen-bond acceptors (Lipinski definition) is 6. The van der Waals surface area contributed by atoms with E-state index in [-0.39, 0.29) is 5.69 Å². The van der Waals surface area contributed by atoms with E-state index < -0.39 is 17.0 Å². The topological polar surface area (TPSA) is 81.9 Å². The average molecular weight is 280 g/mol. The van der Waals surface area contributed by atoms with E-state index in [1.165, 1.54) is 13.2 Å². The molecule has 1 heterocycles. The van der Waals surface area contributed by atoms with Crippen molar-refractivity contribution in [3.8, 4) is 0 Å². The van der Waals surface area contributed by atoms with Gasteiger partial charge in [0.25, 0.3) is 5.69 Å². The molecule has 2 rings (SSSR count). The average Bonchev–Trinajstić information content (AvgIpc) is 2.47. The van der Waals surface area contributed by atoms with Crippen molar-refractivity contribution in [2.24, 2.45) is 0 Å². The molecule has 108 valence electrons. The normalized spacial score (nSPS) is 19.6. The van der Waals surface area contributed by atoms with E-state index in [0.717, 1.165) is 0 Å². The molecule has 0 spiro atoms. The first-order valence-electron chi connectivity index (χ1n) is 6.26. The number of morpholine rings is 1. The third-order valence-electron chi connectivity index (χ3n) is 3.20. The summed E-state index contributed by atoms with van der Waals surface area (Å²) in [7, 11) is 1.31. The van der Waals surface area contributed by atoms with Gasteiger partial charge in [0, 0.05) is 31.3 Å². The molecule has 0 aliphatic carbocycles. The summed E-state index contributed by atoms with van der Waals surface area (Å²) in [6, 6.07) is 6.60. The van der Waals surface area contributed by atoms with E-state index in [4.69, 9.17) is 4.74 Å². The molecule has 1 aromatic carbocycles. The van der Waals surface area contributed by atoms with Gasteiger partial charge in [-0.05, 0) is 0 Å². The lowest BCUT2D eigenvalue weighted by molar-refractivity contribution is -0.385. The van der Waals surface area contributed by atoms with Crippen molar-refractivity contribution in [3.63, 3.8) is 0 Å². The molecule has 7 nitrogen and oxygen atoms in total. The van der Waals surface area contributed by atoms with Crippen LogP contribution in [-0.4, -0.2) is 48.7 Å². The van der Waals surface area contributed by atoms with E-state index in [0.29, 0.717) is 31.8 Å². The fourth-order valence-corrected chi connectivity index (χ4v) is 2.18. The Labute approximate surface area is 116 Å². The van der Waals surface area contributed by atoms with Crippen molar-refractivity contribution in [1.82, 2.24) is 4.90 Å². The summed E-state index contributed by atoms with van der Waals surface area (Å²) in [4.78, 5) is 24.0. The number of carbonyl (C=O) groups excluding carboxylic acids is 1. The molecule has 1 fully saturated rings. The summed E-state index contributed by atoms with van der Waals surface area (Å²) in [5.41, 5.74) is 0.719. The Balaban J connectivity index is 2.06. The maximum absolute atomic E-state index is 11.5.